The van der Waals surface area contributed by atoms with Crippen LogP contribution in [0, 0.1) is 0 Å². The summed E-state index contributed by atoms with van der Waals surface area (Å²) in [6.45, 7) is 3.92. The number of rotatable bonds is 5. The minimum Gasteiger partial charge on any atom is -0.493 e. The number of ether oxygens (including phenoxy) is 2. The molecule has 0 unspecified atom stereocenters. The predicted octanol–water partition coefficient (Wildman–Crippen LogP) is 5.40. The third-order valence-corrected chi connectivity index (χ3v) is 3.93. The first-order valence-corrected chi connectivity index (χ1v) is 8.11. The first-order valence-electron chi connectivity index (χ1n) is 7.73. The maximum absolute atomic E-state index is 6.04. The second-order valence-corrected chi connectivity index (χ2v) is 5.89. The molecule has 1 aromatic heterocycles. The van der Waals surface area contributed by atoms with Crippen molar-refractivity contribution in [3.05, 3.63) is 58.9 Å². The lowest BCUT2D eigenvalue weighted by molar-refractivity contribution is 0.208. The fourth-order valence-electron chi connectivity index (χ4n) is 2.52. The van der Waals surface area contributed by atoms with E-state index in [4.69, 9.17) is 21.1 Å². The van der Waals surface area contributed by atoms with Crippen LogP contribution >= 0.6 is 11.6 Å². The van der Waals surface area contributed by atoms with Crippen molar-refractivity contribution in [3.63, 3.8) is 0 Å². The molecular weight excluding hydrogens is 324 g/mol. The van der Waals surface area contributed by atoms with E-state index in [1.165, 1.54) is 0 Å². The molecule has 24 heavy (non-hydrogen) atoms. The number of imidazole rings is 1. The topological polar surface area (TPSA) is 47.1 Å². The zero-order valence-electron chi connectivity index (χ0n) is 13.8. The van der Waals surface area contributed by atoms with Crippen LogP contribution in [-0.2, 0) is 0 Å². The van der Waals surface area contributed by atoms with E-state index in [1.807, 2.05) is 62.4 Å². The highest BCUT2D eigenvalue weighted by Crippen LogP contribution is 2.32. The van der Waals surface area contributed by atoms with Gasteiger partial charge in [0.2, 0.25) is 0 Å². The Bertz CT molecular complexity index is 886. The SMILES string of the molecule is C/C=C/c1ccc(O[C@H](C)c2nc3ccc(Cl)cc3[nH]2)c(OC)c1. The summed E-state index contributed by atoms with van der Waals surface area (Å²) in [5, 5.41) is 0.674. The number of aromatic nitrogens is 2. The molecule has 0 bridgehead atoms. The molecule has 1 atom stereocenters. The van der Waals surface area contributed by atoms with Crippen molar-refractivity contribution in [1.82, 2.24) is 9.97 Å². The van der Waals surface area contributed by atoms with Crippen molar-refractivity contribution < 1.29 is 9.47 Å². The Morgan fingerprint density at radius 3 is 2.75 bits per heavy atom. The Balaban J connectivity index is 1.86. The zero-order valence-corrected chi connectivity index (χ0v) is 14.6. The minimum atomic E-state index is -0.252. The second kappa shape index (κ2) is 6.97. The van der Waals surface area contributed by atoms with Gasteiger partial charge in [0.05, 0.1) is 18.1 Å². The standard InChI is InChI=1S/C19H19ClN2O2/c1-4-5-13-6-9-17(18(10-13)23-3)24-12(2)19-21-15-8-7-14(20)11-16(15)22-19/h4-12H,1-3H3,(H,21,22)/b5-4+/t12-/m1/s1. The fourth-order valence-corrected chi connectivity index (χ4v) is 2.69. The number of allylic oxidation sites excluding steroid dienone is 1. The van der Waals surface area contributed by atoms with Crippen LogP contribution in [0.2, 0.25) is 5.02 Å². The molecule has 2 aromatic carbocycles. The Labute approximate surface area is 146 Å². The molecule has 0 saturated heterocycles. The lowest BCUT2D eigenvalue weighted by Crippen LogP contribution is -2.06. The molecule has 0 aliphatic carbocycles. The summed E-state index contributed by atoms with van der Waals surface area (Å²) in [6.07, 6.45) is 3.74. The van der Waals surface area contributed by atoms with E-state index in [2.05, 4.69) is 9.97 Å². The van der Waals surface area contributed by atoms with Gasteiger partial charge in [-0.3, -0.25) is 0 Å². The van der Waals surface area contributed by atoms with Gasteiger partial charge < -0.3 is 14.5 Å². The van der Waals surface area contributed by atoms with Gasteiger partial charge in [0, 0.05) is 5.02 Å². The van der Waals surface area contributed by atoms with Crippen LogP contribution < -0.4 is 9.47 Å². The number of nitrogens with zero attached hydrogens (tertiary/aromatic N) is 1. The largest absolute Gasteiger partial charge is 0.493 e. The van der Waals surface area contributed by atoms with Crippen LogP contribution in [0.15, 0.2) is 42.5 Å². The van der Waals surface area contributed by atoms with E-state index in [-0.39, 0.29) is 6.10 Å². The van der Waals surface area contributed by atoms with E-state index in [0.29, 0.717) is 16.5 Å². The highest BCUT2D eigenvalue weighted by atomic mass is 35.5. The van der Waals surface area contributed by atoms with Crippen LogP contribution in [-0.4, -0.2) is 17.1 Å². The molecule has 4 nitrogen and oxygen atoms in total. The van der Waals surface area contributed by atoms with Gasteiger partial charge in [0.15, 0.2) is 17.6 Å². The van der Waals surface area contributed by atoms with Crippen LogP contribution in [0.3, 0.4) is 0 Å². The van der Waals surface area contributed by atoms with Gasteiger partial charge in [0.1, 0.15) is 5.82 Å². The predicted molar refractivity (Wildman–Crippen MR) is 97.8 cm³/mol. The molecule has 1 N–H and O–H groups in total. The van der Waals surface area contributed by atoms with Crippen LogP contribution in [0.5, 0.6) is 11.5 Å². The molecule has 3 rings (SSSR count). The Morgan fingerprint density at radius 1 is 1.17 bits per heavy atom. The summed E-state index contributed by atoms with van der Waals surface area (Å²) >= 11 is 6.02. The van der Waals surface area contributed by atoms with Crippen molar-refractivity contribution in [2.24, 2.45) is 0 Å². The second-order valence-electron chi connectivity index (χ2n) is 5.45. The van der Waals surface area contributed by atoms with Gasteiger partial charge in [-0.25, -0.2) is 4.98 Å². The molecule has 0 aliphatic heterocycles. The summed E-state index contributed by atoms with van der Waals surface area (Å²) in [4.78, 5) is 7.81. The Hall–Kier alpha value is -2.46. The van der Waals surface area contributed by atoms with Crippen LogP contribution in [0.25, 0.3) is 17.1 Å². The zero-order chi connectivity index (χ0) is 17.1. The number of benzene rings is 2. The molecule has 1 heterocycles. The molecule has 0 amide bonds. The van der Waals surface area contributed by atoms with Crippen molar-refractivity contribution in [3.8, 4) is 11.5 Å². The van der Waals surface area contributed by atoms with Crippen molar-refractivity contribution in [1.29, 1.82) is 0 Å². The lowest BCUT2D eigenvalue weighted by Gasteiger charge is -2.15. The van der Waals surface area contributed by atoms with Crippen molar-refractivity contribution in [2.75, 3.05) is 7.11 Å². The summed E-state index contributed by atoms with van der Waals surface area (Å²) in [5.41, 5.74) is 2.82. The third-order valence-electron chi connectivity index (χ3n) is 3.70. The van der Waals surface area contributed by atoms with Gasteiger partial charge in [-0.1, -0.05) is 29.8 Å². The van der Waals surface area contributed by atoms with E-state index in [1.54, 1.807) is 7.11 Å². The number of halogens is 1. The molecule has 124 valence electrons. The average molecular weight is 343 g/mol. The highest BCUT2D eigenvalue weighted by molar-refractivity contribution is 6.31. The number of hydrogen-bond acceptors (Lipinski definition) is 3. The number of H-pyrrole nitrogens is 1. The molecule has 0 radical (unpaired) electrons. The number of nitrogens with one attached hydrogen (secondary N) is 1. The molecule has 0 spiro atoms. The van der Waals surface area contributed by atoms with E-state index in [9.17, 15) is 0 Å². The van der Waals surface area contributed by atoms with Gasteiger partial charge in [-0.05, 0) is 49.7 Å². The van der Waals surface area contributed by atoms with Crippen molar-refractivity contribution in [2.45, 2.75) is 20.0 Å². The minimum absolute atomic E-state index is 0.252. The monoisotopic (exact) mass is 342 g/mol. The van der Waals surface area contributed by atoms with Gasteiger partial charge in [-0.2, -0.15) is 0 Å². The van der Waals surface area contributed by atoms with Crippen molar-refractivity contribution >= 4 is 28.7 Å². The average Bonchev–Trinajstić information content (AvgIpc) is 2.99. The number of aromatic amines is 1. The molecule has 0 fully saturated rings. The smallest absolute Gasteiger partial charge is 0.162 e. The number of fused-ring (bicyclic) bond motifs is 1. The van der Waals surface area contributed by atoms with Gasteiger partial charge in [0.25, 0.3) is 0 Å². The van der Waals surface area contributed by atoms with Gasteiger partial charge in [-0.15, -0.1) is 0 Å². The van der Waals surface area contributed by atoms with E-state index in [0.717, 1.165) is 22.4 Å². The quantitative estimate of drug-likeness (QED) is 0.675. The van der Waals surface area contributed by atoms with Crippen LogP contribution in [0.4, 0.5) is 0 Å². The normalized spacial score (nSPS) is 12.7. The summed E-state index contributed by atoms with van der Waals surface area (Å²) in [6, 6.07) is 11.4. The molecule has 5 heteroatoms. The maximum Gasteiger partial charge on any atom is 0.162 e. The Kier molecular flexibility index (Phi) is 4.76. The summed E-state index contributed by atoms with van der Waals surface area (Å²) in [5.74, 6) is 2.11. The van der Waals surface area contributed by atoms with E-state index >= 15 is 0 Å². The fraction of sp³-hybridized carbons (Fsp3) is 0.211. The van der Waals surface area contributed by atoms with Gasteiger partial charge >= 0.3 is 0 Å². The molecule has 0 aliphatic rings. The highest BCUT2D eigenvalue weighted by Gasteiger charge is 2.15. The van der Waals surface area contributed by atoms with Crippen LogP contribution in [0.1, 0.15) is 31.3 Å². The summed E-state index contributed by atoms with van der Waals surface area (Å²) < 4.78 is 11.5. The van der Waals surface area contributed by atoms with E-state index < -0.39 is 0 Å². The maximum atomic E-state index is 6.04. The Morgan fingerprint density at radius 2 is 2.00 bits per heavy atom. The summed E-state index contributed by atoms with van der Waals surface area (Å²) in [7, 11) is 1.63. The number of methoxy groups -OCH3 is 1. The molecule has 0 saturated carbocycles. The first kappa shape index (κ1) is 16.4. The molecule has 3 aromatic rings. The lowest BCUT2D eigenvalue weighted by atomic mass is 10.2. The third kappa shape index (κ3) is 3.39. The molecular formula is C19H19ClN2O2. The number of hydrogen-bond donors (Lipinski definition) is 1. The first-order chi connectivity index (χ1) is 11.6.